The lowest BCUT2D eigenvalue weighted by molar-refractivity contribution is 0.0613. The Morgan fingerprint density at radius 2 is 1.28 bits per heavy atom. The van der Waals surface area contributed by atoms with Crippen molar-refractivity contribution < 1.29 is 0 Å². The van der Waals surface area contributed by atoms with Crippen LogP contribution in [0.5, 0.6) is 0 Å². The van der Waals surface area contributed by atoms with Gasteiger partial charge in [-0.25, -0.2) is 0 Å². The molecule has 4 unspecified atom stereocenters. The minimum atomic E-state index is 0.839. The molecule has 1 aromatic carbocycles. The van der Waals surface area contributed by atoms with Crippen LogP contribution in [-0.4, -0.2) is 0 Å². The zero-order valence-electron chi connectivity index (χ0n) is 19.4. The number of hydrogen-bond acceptors (Lipinski definition) is 0. The van der Waals surface area contributed by atoms with E-state index in [9.17, 15) is 0 Å². The van der Waals surface area contributed by atoms with Crippen LogP contribution in [0.4, 0.5) is 0 Å². The van der Waals surface area contributed by atoms with Gasteiger partial charge >= 0.3 is 0 Å². The third-order valence-corrected chi connectivity index (χ3v) is 9.22. The molecule has 0 heteroatoms. The second kappa shape index (κ2) is 10.5. The van der Waals surface area contributed by atoms with Crippen LogP contribution in [0.3, 0.4) is 0 Å². The van der Waals surface area contributed by atoms with E-state index in [4.69, 9.17) is 0 Å². The average molecular weight is 395 g/mol. The van der Waals surface area contributed by atoms with Crippen molar-refractivity contribution in [3.63, 3.8) is 0 Å². The Morgan fingerprint density at radius 1 is 0.655 bits per heavy atom. The lowest BCUT2D eigenvalue weighted by atomic mass is 9.60. The third kappa shape index (κ3) is 5.68. The summed E-state index contributed by atoms with van der Waals surface area (Å²) in [6, 6.07) is 9.41. The minimum absolute atomic E-state index is 0.839. The van der Waals surface area contributed by atoms with Crippen molar-refractivity contribution in [1.29, 1.82) is 0 Å². The monoisotopic (exact) mass is 394 g/mol. The Labute approximate surface area is 181 Å². The highest BCUT2D eigenvalue weighted by molar-refractivity contribution is 5.24. The zero-order valence-corrected chi connectivity index (χ0v) is 19.4. The van der Waals surface area contributed by atoms with Crippen LogP contribution in [0.15, 0.2) is 24.3 Å². The predicted molar refractivity (Wildman–Crippen MR) is 126 cm³/mol. The van der Waals surface area contributed by atoms with Crippen LogP contribution < -0.4 is 0 Å². The Bertz CT molecular complexity index is 591. The van der Waals surface area contributed by atoms with Crippen LogP contribution >= 0.6 is 0 Å². The first-order chi connectivity index (χ1) is 14.2. The van der Waals surface area contributed by atoms with E-state index in [-0.39, 0.29) is 0 Å². The highest BCUT2D eigenvalue weighted by atomic mass is 14.4. The molecule has 4 rings (SSSR count). The standard InChI is InChI=1S/C29H46/c1-3-4-5-6-7-23-10-13-29-21-28(19-18-27(29)20-23)26-16-14-25(15-17-26)24-11-8-22(2)9-12-24/h8-9,11-12,23,25-29H,3-7,10,13-21H2,1-2H3. The number of hydrogen-bond donors (Lipinski definition) is 0. The Morgan fingerprint density at radius 3 is 2.00 bits per heavy atom. The van der Waals surface area contributed by atoms with E-state index < -0.39 is 0 Å². The van der Waals surface area contributed by atoms with Crippen molar-refractivity contribution in [2.24, 2.45) is 29.6 Å². The first-order valence-electron chi connectivity index (χ1n) is 13.3. The summed E-state index contributed by atoms with van der Waals surface area (Å²) in [5.74, 6) is 6.22. The summed E-state index contributed by atoms with van der Waals surface area (Å²) in [5.41, 5.74) is 3.00. The van der Waals surface area contributed by atoms with E-state index >= 15 is 0 Å². The SMILES string of the molecule is CCCCCCC1CCC2CC(C3CCC(c4ccc(C)cc4)CC3)CCC2C1. The van der Waals surface area contributed by atoms with Gasteiger partial charge in [-0.3, -0.25) is 0 Å². The smallest absolute Gasteiger partial charge is 0.0162 e. The largest absolute Gasteiger partial charge is 0.0654 e. The van der Waals surface area contributed by atoms with Gasteiger partial charge in [0.1, 0.15) is 0 Å². The molecule has 0 amide bonds. The molecule has 0 N–H and O–H groups in total. The molecule has 1 aromatic rings. The van der Waals surface area contributed by atoms with Crippen molar-refractivity contribution in [1.82, 2.24) is 0 Å². The first-order valence-corrected chi connectivity index (χ1v) is 13.3. The summed E-state index contributed by atoms with van der Waals surface area (Å²) in [5, 5.41) is 0. The fourth-order valence-corrected chi connectivity index (χ4v) is 7.34. The molecule has 0 bridgehead atoms. The third-order valence-electron chi connectivity index (χ3n) is 9.22. The second-order valence-corrected chi connectivity index (χ2v) is 11.1. The van der Waals surface area contributed by atoms with Gasteiger partial charge in [-0.05, 0) is 106 Å². The number of unbranched alkanes of at least 4 members (excludes halogenated alkanes) is 3. The first kappa shape index (κ1) is 21.5. The number of rotatable bonds is 7. The molecule has 3 aliphatic carbocycles. The fraction of sp³-hybridized carbons (Fsp3) is 0.793. The normalized spacial score (nSPS) is 35.2. The molecule has 162 valence electrons. The van der Waals surface area contributed by atoms with Gasteiger partial charge in [0.2, 0.25) is 0 Å². The highest BCUT2D eigenvalue weighted by Crippen LogP contribution is 2.50. The molecule has 0 spiro atoms. The minimum Gasteiger partial charge on any atom is -0.0654 e. The van der Waals surface area contributed by atoms with Crippen LogP contribution in [0, 0.1) is 36.5 Å². The number of aryl methyl sites for hydroxylation is 1. The van der Waals surface area contributed by atoms with Crippen molar-refractivity contribution >= 4 is 0 Å². The molecule has 4 atom stereocenters. The summed E-state index contributed by atoms with van der Waals surface area (Å²) in [6.07, 6.45) is 22.7. The molecule has 0 saturated heterocycles. The summed E-state index contributed by atoms with van der Waals surface area (Å²) >= 11 is 0. The van der Waals surface area contributed by atoms with E-state index in [0.717, 1.165) is 35.5 Å². The van der Waals surface area contributed by atoms with E-state index in [2.05, 4.69) is 38.1 Å². The molecule has 3 aliphatic rings. The van der Waals surface area contributed by atoms with Crippen molar-refractivity contribution in [3.8, 4) is 0 Å². The summed E-state index contributed by atoms with van der Waals surface area (Å²) in [7, 11) is 0. The second-order valence-electron chi connectivity index (χ2n) is 11.1. The molecule has 29 heavy (non-hydrogen) atoms. The Balaban J connectivity index is 1.20. The lowest BCUT2D eigenvalue weighted by Gasteiger charge is -2.45. The van der Waals surface area contributed by atoms with Crippen LogP contribution in [0.2, 0.25) is 0 Å². The molecule has 0 nitrogen and oxygen atoms in total. The lowest BCUT2D eigenvalue weighted by Crippen LogP contribution is -2.34. The van der Waals surface area contributed by atoms with Gasteiger partial charge in [-0.1, -0.05) is 75.3 Å². The number of benzene rings is 1. The Hall–Kier alpha value is -0.780. The summed E-state index contributed by atoms with van der Waals surface area (Å²) in [6.45, 7) is 4.54. The highest BCUT2D eigenvalue weighted by Gasteiger charge is 2.38. The predicted octanol–water partition coefficient (Wildman–Crippen LogP) is 9.07. The van der Waals surface area contributed by atoms with Crippen LogP contribution in [-0.2, 0) is 0 Å². The van der Waals surface area contributed by atoms with Gasteiger partial charge in [0.05, 0.1) is 0 Å². The van der Waals surface area contributed by atoms with E-state index in [1.54, 1.807) is 44.1 Å². The van der Waals surface area contributed by atoms with Crippen molar-refractivity contribution in [3.05, 3.63) is 35.4 Å². The maximum atomic E-state index is 2.40. The molecule has 0 aromatic heterocycles. The average Bonchev–Trinajstić information content (AvgIpc) is 2.77. The summed E-state index contributed by atoms with van der Waals surface area (Å²) < 4.78 is 0. The topological polar surface area (TPSA) is 0 Å². The molecule has 0 radical (unpaired) electrons. The summed E-state index contributed by atoms with van der Waals surface area (Å²) in [4.78, 5) is 0. The van der Waals surface area contributed by atoms with Gasteiger partial charge in [0, 0.05) is 0 Å². The molecule has 3 saturated carbocycles. The van der Waals surface area contributed by atoms with Gasteiger partial charge in [0.15, 0.2) is 0 Å². The van der Waals surface area contributed by atoms with Gasteiger partial charge in [0.25, 0.3) is 0 Å². The fourth-order valence-electron chi connectivity index (χ4n) is 7.34. The zero-order chi connectivity index (χ0) is 20.1. The maximum absolute atomic E-state index is 2.40. The van der Waals surface area contributed by atoms with Gasteiger partial charge in [-0.2, -0.15) is 0 Å². The van der Waals surface area contributed by atoms with E-state index in [0.29, 0.717) is 0 Å². The number of fused-ring (bicyclic) bond motifs is 1. The molecule has 0 aliphatic heterocycles. The van der Waals surface area contributed by atoms with E-state index in [1.165, 1.54) is 63.4 Å². The molecular weight excluding hydrogens is 348 g/mol. The molecular formula is C29H46. The molecule has 3 fully saturated rings. The van der Waals surface area contributed by atoms with Crippen LogP contribution in [0.25, 0.3) is 0 Å². The molecule has 0 heterocycles. The maximum Gasteiger partial charge on any atom is -0.0162 e. The van der Waals surface area contributed by atoms with E-state index in [1.807, 2.05) is 0 Å². The van der Waals surface area contributed by atoms with Gasteiger partial charge < -0.3 is 0 Å². The van der Waals surface area contributed by atoms with Crippen LogP contribution in [0.1, 0.15) is 120 Å². The Kier molecular flexibility index (Phi) is 7.77. The van der Waals surface area contributed by atoms with Crippen molar-refractivity contribution in [2.45, 2.75) is 116 Å². The quantitative estimate of drug-likeness (QED) is 0.404. The van der Waals surface area contributed by atoms with Gasteiger partial charge in [-0.15, -0.1) is 0 Å². The van der Waals surface area contributed by atoms with Crippen molar-refractivity contribution in [2.75, 3.05) is 0 Å².